The van der Waals surface area contributed by atoms with Gasteiger partial charge in [0, 0.05) is 24.8 Å². The lowest BCUT2D eigenvalue weighted by molar-refractivity contribution is 0.121. The first-order valence-electron chi connectivity index (χ1n) is 6.02. The summed E-state index contributed by atoms with van der Waals surface area (Å²) in [4.78, 5) is 10.7. The van der Waals surface area contributed by atoms with Crippen molar-refractivity contribution in [3.63, 3.8) is 0 Å². The van der Waals surface area contributed by atoms with E-state index in [1.54, 1.807) is 12.5 Å². The second-order valence-electron chi connectivity index (χ2n) is 4.59. The zero-order valence-corrected chi connectivity index (χ0v) is 9.84. The van der Waals surface area contributed by atoms with Crippen LogP contribution in [0, 0.1) is 0 Å². The van der Waals surface area contributed by atoms with Crippen LogP contribution in [-0.4, -0.2) is 33.5 Å². The molecule has 0 aliphatic carbocycles. The van der Waals surface area contributed by atoms with Gasteiger partial charge in [0.1, 0.15) is 6.33 Å². The lowest BCUT2D eigenvalue weighted by Crippen LogP contribution is -2.48. The summed E-state index contributed by atoms with van der Waals surface area (Å²) in [6.45, 7) is 4.13. The van der Waals surface area contributed by atoms with Gasteiger partial charge in [-0.05, 0) is 32.4 Å². The van der Waals surface area contributed by atoms with Crippen LogP contribution in [-0.2, 0) is 6.54 Å². The van der Waals surface area contributed by atoms with Gasteiger partial charge in [-0.25, -0.2) is 9.97 Å². The van der Waals surface area contributed by atoms with Crippen molar-refractivity contribution in [2.45, 2.75) is 44.8 Å². The standard InChI is InChI=1S/C12H20N4/c1-10(13)12-4-2-3-7-16(12)8-11-5-6-14-9-15-11/h5-6,9-10,12H,2-4,7-8,13H2,1H3. The Morgan fingerprint density at radius 3 is 3.12 bits per heavy atom. The van der Waals surface area contributed by atoms with Gasteiger partial charge in [-0.3, -0.25) is 4.90 Å². The lowest BCUT2D eigenvalue weighted by atomic mass is 9.97. The van der Waals surface area contributed by atoms with E-state index in [-0.39, 0.29) is 6.04 Å². The summed E-state index contributed by atoms with van der Waals surface area (Å²) in [6.07, 6.45) is 7.19. The van der Waals surface area contributed by atoms with Gasteiger partial charge in [0.2, 0.25) is 0 Å². The molecule has 1 aromatic rings. The SMILES string of the molecule is CC(N)C1CCCCN1Cc1ccncn1. The molecule has 88 valence electrons. The normalized spacial score (nSPS) is 24.2. The summed E-state index contributed by atoms with van der Waals surface area (Å²) < 4.78 is 0. The van der Waals surface area contributed by atoms with Crippen LogP contribution < -0.4 is 5.73 Å². The number of hydrogen-bond donors (Lipinski definition) is 1. The molecule has 4 nitrogen and oxygen atoms in total. The Morgan fingerprint density at radius 1 is 1.56 bits per heavy atom. The average molecular weight is 220 g/mol. The van der Waals surface area contributed by atoms with Crippen LogP contribution in [0.4, 0.5) is 0 Å². The number of aromatic nitrogens is 2. The van der Waals surface area contributed by atoms with Crippen LogP contribution in [0.5, 0.6) is 0 Å². The second kappa shape index (κ2) is 5.37. The van der Waals surface area contributed by atoms with Crippen molar-refractivity contribution >= 4 is 0 Å². The predicted octanol–water partition coefficient (Wildman–Crippen LogP) is 1.18. The Balaban J connectivity index is 2.01. The van der Waals surface area contributed by atoms with E-state index < -0.39 is 0 Å². The molecular weight excluding hydrogens is 200 g/mol. The number of nitrogens with zero attached hydrogens (tertiary/aromatic N) is 3. The number of hydrogen-bond acceptors (Lipinski definition) is 4. The highest BCUT2D eigenvalue weighted by molar-refractivity contribution is 4.99. The van der Waals surface area contributed by atoms with Crippen molar-refractivity contribution < 1.29 is 0 Å². The molecule has 2 unspecified atom stereocenters. The highest BCUT2D eigenvalue weighted by Gasteiger charge is 2.25. The molecule has 1 saturated heterocycles. The van der Waals surface area contributed by atoms with Crippen LogP contribution in [0.25, 0.3) is 0 Å². The molecule has 0 aromatic carbocycles. The first kappa shape index (κ1) is 11.5. The Hall–Kier alpha value is -1.00. The maximum atomic E-state index is 6.04. The van der Waals surface area contributed by atoms with Gasteiger partial charge in [-0.2, -0.15) is 0 Å². The van der Waals surface area contributed by atoms with E-state index in [1.165, 1.54) is 19.3 Å². The third-order valence-electron chi connectivity index (χ3n) is 3.28. The van der Waals surface area contributed by atoms with E-state index in [1.807, 2.05) is 6.07 Å². The van der Waals surface area contributed by atoms with Crippen LogP contribution in [0.2, 0.25) is 0 Å². The Labute approximate surface area is 96.9 Å². The topological polar surface area (TPSA) is 55.0 Å². The Kier molecular flexibility index (Phi) is 3.85. The third kappa shape index (κ3) is 2.77. The largest absolute Gasteiger partial charge is 0.327 e. The first-order chi connectivity index (χ1) is 7.77. The first-order valence-corrected chi connectivity index (χ1v) is 6.02. The van der Waals surface area contributed by atoms with Crippen molar-refractivity contribution in [3.8, 4) is 0 Å². The van der Waals surface area contributed by atoms with E-state index in [9.17, 15) is 0 Å². The van der Waals surface area contributed by atoms with Gasteiger partial charge < -0.3 is 5.73 Å². The summed E-state index contributed by atoms with van der Waals surface area (Å²) in [6, 6.07) is 2.72. The molecule has 0 bridgehead atoms. The van der Waals surface area contributed by atoms with E-state index in [2.05, 4.69) is 21.8 Å². The molecule has 4 heteroatoms. The second-order valence-corrected chi connectivity index (χ2v) is 4.59. The Morgan fingerprint density at radius 2 is 2.44 bits per heavy atom. The zero-order chi connectivity index (χ0) is 11.4. The van der Waals surface area contributed by atoms with Gasteiger partial charge in [0.25, 0.3) is 0 Å². The molecule has 2 atom stereocenters. The van der Waals surface area contributed by atoms with Gasteiger partial charge >= 0.3 is 0 Å². The number of piperidine rings is 1. The Bertz CT molecular complexity index is 312. The monoisotopic (exact) mass is 220 g/mol. The minimum atomic E-state index is 0.238. The van der Waals surface area contributed by atoms with Crippen LogP contribution in [0.15, 0.2) is 18.6 Å². The molecule has 0 radical (unpaired) electrons. The van der Waals surface area contributed by atoms with Crippen LogP contribution >= 0.6 is 0 Å². The summed E-state index contributed by atoms with van der Waals surface area (Å²) in [5.74, 6) is 0. The molecule has 1 aliphatic heterocycles. The number of nitrogens with two attached hydrogens (primary N) is 1. The highest BCUT2D eigenvalue weighted by atomic mass is 15.2. The molecule has 0 saturated carbocycles. The molecule has 1 aromatic heterocycles. The van der Waals surface area contributed by atoms with Gasteiger partial charge in [-0.1, -0.05) is 6.42 Å². The minimum Gasteiger partial charge on any atom is -0.327 e. The van der Waals surface area contributed by atoms with Crippen molar-refractivity contribution in [1.82, 2.24) is 14.9 Å². The highest BCUT2D eigenvalue weighted by Crippen LogP contribution is 2.20. The maximum absolute atomic E-state index is 6.04. The molecular formula is C12H20N4. The quantitative estimate of drug-likeness (QED) is 0.831. The van der Waals surface area contributed by atoms with Crippen molar-refractivity contribution in [1.29, 1.82) is 0 Å². The van der Waals surface area contributed by atoms with E-state index in [0.717, 1.165) is 18.8 Å². The van der Waals surface area contributed by atoms with Crippen LogP contribution in [0.3, 0.4) is 0 Å². The van der Waals surface area contributed by atoms with E-state index in [0.29, 0.717) is 6.04 Å². The van der Waals surface area contributed by atoms with Crippen molar-refractivity contribution in [2.75, 3.05) is 6.54 Å². The molecule has 2 N–H and O–H groups in total. The summed E-state index contributed by atoms with van der Waals surface area (Å²) in [5, 5.41) is 0. The maximum Gasteiger partial charge on any atom is 0.115 e. The van der Waals surface area contributed by atoms with Crippen molar-refractivity contribution in [2.24, 2.45) is 5.73 Å². The summed E-state index contributed by atoms with van der Waals surface area (Å²) in [5.41, 5.74) is 7.12. The lowest BCUT2D eigenvalue weighted by Gasteiger charge is -2.37. The summed E-state index contributed by atoms with van der Waals surface area (Å²) in [7, 11) is 0. The van der Waals surface area contributed by atoms with E-state index in [4.69, 9.17) is 5.73 Å². The van der Waals surface area contributed by atoms with Crippen LogP contribution in [0.1, 0.15) is 31.9 Å². The fraction of sp³-hybridized carbons (Fsp3) is 0.667. The molecule has 2 heterocycles. The molecule has 0 spiro atoms. The minimum absolute atomic E-state index is 0.238. The van der Waals surface area contributed by atoms with Gasteiger partial charge in [-0.15, -0.1) is 0 Å². The summed E-state index contributed by atoms with van der Waals surface area (Å²) >= 11 is 0. The molecule has 1 aliphatic rings. The fourth-order valence-corrected chi connectivity index (χ4v) is 2.43. The van der Waals surface area contributed by atoms with Gasteiger partial charge in [0.15, 0.2) is 0 Å². The molecule has 2 rings (SSSR count). The third-order valence-corrected chi connectivity index (χ3v) is 3.28. The smallest absolute Gasteiger partial charge is 0.115 e. The zero-order valence-electron chi connectivity index (χ0n) is 9.84. The van der Waals surface area contributed by atoms with Gasteiger partial charge in [0.05, 0.1) is 5.69 Å². The molecule has 0 amide bonds. The predicted molar refractivity (Wildman–Crippen MR) is 63.7 cm³/mol. The number of likely N-dealkylation sites (tertiary alicyclic amines) is 1. The molecule has 1 fully saturated rings. The average Bonchev–Trinajstić information content (AvgIpc) is 2.31. The number of rotatable bonds is 3. The molecule has 16 heavy (non-hydrogen) atoms. The van der Waals surface area contributed by atoms with E-state index >= 15 is 0 Å². The van der Waals surface area contributed by atoms with Crippen molar-refractivity contribution in [3.05, 3.63) is 24.3 Å². The fourth-order valence-electron chi connectivity index (χ4n) is 2.43.